The van der Waals surface area contributed by atoms with Crippen molar-refractivity contribution < 1.29 is 14.3 Å². The highest BCUT2D eigenvalue weighted by Gasteiger charge is 2.17. The molecule has 6 nitrogen and oxygen atoms in total. The molecule has 152 valence electrons. The van der Waals surface area contributed by atoms with Gasteiger partial charge in [-0.25, -0.2) is 0 Å². The summed E-state index contributed by atoms with van der Waals surface area (Å²) in [5, 5.41) is 5.34. The van der Waals surface area contributed by atoms with Crippen LogP contribution in [0.3, 0.4) is 0 Å². The molecule has 0 aliphatic heterocycles. The lowest BCUT2D eigenvalue weighted by atomic mass is 10.1. The van der Waals surface area contributed by atoms with Crippen molar-refractivity contribution in [2.45, 2.75) is 33.4 Å². The molecule has 0 heterocycles. The van der Waals surface area contributed by atoms with Gasteiger partial charge in [0.1, 0.15) is 11.5 Å². The summed E-state index contributed by atoms with van der Waals surface area (Å²) in [7, 11) is 0. The number of para-hydroxylation sites is 1. The van der Waals surface area contributed by atoms with E-state index in [1.165, 1.54) is 0 Å². The molecule has 2 amide bonds. The molecule has 2 aromatic carbocycles. The van der Waals surface area contributed by atoms with Gasteiger partial charge in [0.15, 0.2) is 0 Å². The predicted molar refractivity (Wildman–Crippen MR) is 113 cm³/mol. The van der Waals surface area contributed by atoms with Gasteiger partial charge in [-0.3, -0.25) is 9.59 Å². The van der Waals surface area contributed by atoms with E-state index < -0.39 is 6.04 Å². The van der Waals surface area contributed by atoms with Crippen LogP contribution in [0, 0.1) is 12.8 Å². The van der Waals surface area contributed by atoms with Gasteiger partial charge >= 0.3 is 0 Å². The number of aryl methyl sites for hydroxylation is 1. The van der Waals surface area contributed by atoms with Gasteiger partial charge in [-0.15, -0.1) is 12.4 Å². The number of nitrogens with one attached hydrogen (secondary N) is 2. The molecule has 0 saturated heterocycles. The second-order valence-electron chi connectivity index (χ2n) is 6.79. The molecular weight excluding hydrogens is 378 g/mol. The summed E-state index contributed by atoms with van der Waals surface area (Å²) in [6, 6.07) is 14.6. The van der Waals surface area contributed by atoms with E-state index >= 15 is 0 Å². The van der Waals surface area contributed by atoms with Gasteiger partial charge in [0, 0.05) is 12.1 Å². The fraction of sp³-hybridized carbons (Fsp3) is 0.333. The van der Waals surface area contributed by atoms with Crippen LogP contribution in [0.15, 0.2) is 48.5 Å². The van der Waals surface area contributed by atoms with E-state index in [9.17, 15) is 9.59 Å². The van der Waals surface area contributed by atoms with Crippen molar-refractivity contribution in [3.05, 3.63) is 59.7 Å². The van der Waals surface area contributed by atoms with E-state index in [0.29, 0.717) is 12.3 Å². The van der Waals surface area contributed by atoms with Crippen LogP contribution in [0.1, 0.15) is 25.0 Å². The number of halogens is 1. The molecule has 2 aromatic rings. The molecule has 0 aromatic heterocycles. The van der Waals surface area contributed by atoms with Crippen molar-refractivity contribution in [2.24, 2.45) is 11.7 Å². The third kappa shape index (κ3) is 7.21. The van der Waals surface area contributed by atoms with Crippen LogP contribution in [0.25, 0.3) is 0 Å². The number of nitrogens with two attached hydrogens (primary N) is 1. The molecule has 0 aliphatic carbocycles. The summed E-state index contributed by atoms with van der Waals surface area (Å²) in [6.45, 7) is 5.91. The Morgan fingerprint density at radius 2 is 1.68 bits per heavy atom. The Balaban J connectivity index is 0.00000392. The first-order valence-corrected chi connectivity index (χ1v) is 8.99. The van der Waals surface area contributed by atoms with Crippen molar-refractivity contribution in [1.29, 1.82) is 0 Å². The molecule has 1 atom stereocenters. The highest BCUT2D eigenvalue weighted by Crippen LogP contribution is 2.25. The molecule has 0 radical (unpaired) electrons. The van der Waals surface area contributed by atoms with Crippen LogP contribution in [0.2, 0.25) is 0 Å². The number of hydrogen-bond donors (Lipinski definition) is 3. The van der Waals surface area contributed by atoms with Crippen LogP contribution in [-0.2, 0) is 16.1 Å². The average Bonchev–Trinajstić information content (AvgIpc) is 2.66. The Labute approximate surface area is 172 Å². The van der Waals surface area contributed by atoms with Gasteiger partial charge in [0.05, 0.1) is 12.6 Å². The van der Waals surface area contributed by atoms with Crippen molar-refractivity contribution in [3.8, 4) is 11.5 Å². The molecule has 2 rings (SSSR count). The number of ether oxygens (including phenoxy) is 1. The summed E-state index contributed by atoms with van der Waals surface area (Å²) in [6.07, 6.45) is 0. The van der Waals surface area contributed by atoms with E-state index in [0.717, 1.165) is 16.9 Å². The van der Waals surface area contributed by atoms with E-state index in [2.05, 4.69) is 10.6 Å². The monoisotopic (exact) mass is 405 g/mol. The van der Waals surface area contributed by atoms with Gasteiger partial charge in [0.25, 0.3) is 0 Å². The van der Waals surface area contributed by atoms with Crippen molar-refractivity contribution in [2.75, 3.05) is 6.54 Å². The van der Waals surface area contributed by atoms with Crippen LogP contribution in [0.5, 0.6) is 11.5 Å². The first kappa shape index (κ1) is 23.5. The highest BCUT2D eigenvalue weighted by atomic mass is 35.5. The lowest BCUT2D eigenvalue weighted by Gasteiger charge is -2.15. The second-order valence-corrected chi connectivity index (χ2v) is 6.79. The maximum Gasteiger partial charge on any atom is 0.239 e. The quantitative estimate of drug-likeness (QED) is 0.629. The highest BCUT2D eigenvalue weighted by molar-refractivity contribution is 5.87. The Hall–Kier alpha value is -2.57. The van der Waals surface area contributed by atoms with E-state index in [1.54, 1.807) is 0 Å². The van der Waals surface area contributed by atoms with E-state index in [-0.39, 0.29) is 36.7 Å². The average molecular weight is 406 g/mol. The predicted octanol–water partition coefficient (Wildman–Crippen LogP) is 2.92. The zero-order valence-corrected chi connectivity index (χ0v) is 17.2. The summed E-state index contributed by atoms with van der Waals surface area (Å²) in [4.78, 5) is 23.8. The molecule has 0 bridgehead atoms. The van der Waals surface area contributed by atoms with Crippen LogP contribution >= 0.6 is 12.4 Å². The molecule has 0 saturated carbocycles. The minimum Gasteiger partial charge on any atom is -0.457 e. The van der Waals surface area contributed by atoms with Crippen molar-refractivity contribution >= 4 is 24.2 Å². The topological polar surface area (TPSA) is 93.5 Å². The fourth-order valence-electron chi connectivity index (χ4n) is 2.33. The molecule has 0 spiro atoms. The number of carbonyl (C=O) groups excluding carboxylic acids is 2. The zero-order chi connectivity index (χ0) is 19.8. The van der Waals surface area contributed by atoms with Crippen molar-refractivity contribution in [3.63, 3.8) is 0 Å². The Bertz CT molecular complexity index is 779. The van der Waals surface area contributed by atoms with Crippen LogP contribution in [0.4, 0.5) is 0 Å². The second kappa shape index (κ2) is 11.3. The third-order valence-electron chi connectivity index (χ3n) is 4.14. The molecule has 28 heavy (non-hydrogen) atoms. The molecule has 7 heteroatoms. The van der Waals surface area contributed by atoms with Crippen molar-refractivity contribution in [1.82, 2.24) is 10.6 Å². The Morgan fingerprint density at radius 1 is 1.04 bits per heavy atom. The van der Waals surface area contributed by atoms with Gasteiger partial charge in [0.2, 0.25) is 11.8 Å². The summed E-state index contributed by atoms with van der Waals surface area (Å²) in [5.74, 6) is 0.799. The van der Waals surface area contributed by atoms with Crippen LogP contribution < -0.4 is 21.1 Å². The summed E-state index contributed by atoms with van der Waals surface area (Å²) < 4.78 is 5.92. The number of benzene rings is 2. The number of rotatable bonds is 8. The van der Waals surface area contributed by atoms with Gasteiger partial charge in [-0.05, 0) is 31.0 Å². The molecular formula is C21H28ClN3O3. The lowest BCUT2D eigenvalue weighted by molar-refractivity contribution is -0.127. The Kier molecular flexibility index (Phi) is 9.48. The minimum absolute atomic E-state index is 0. The molecule has 0 aliphatic rings. The zero-order valence-electron chi connectivity index (χ0n) is 16.4. The Morgan fingerprint density at radius 3 is 2.32 bits per heavy atom. The number of carbonyl (C=O) groups is 2. The third-order valence-corrected chi connectivity index (χ3v) is 4.14. The molecule has 0 unspecified atom stereocenters. The number of hydrogen-bond acceptors (Lipinski definition) is 4. The maximum atomic E-state index is 12.0. The maximum absolute atomic E-state index is 12.0. The van der Waals surface area contributed by atoms with Gasteiger partial charge < -0.3 is 21.1 Å². The standard InChI is InChI=1S/C21H27N3O3.ClH/c1-14(2)20(22)21(26)24-13-19(25)23-12-16-6-4-5-7-18(16)27-17-10-8-15(3)9-11-17;/h4-11,14,20H,12-13,22H2,1-3H3,(H,23,25)(H,24,26);1H/t20-;/m0./s1. The normalized spacial score (nSPS) is 11.3. The number of amides is 2. The van der Waals surface area contributed by atoms with E-state index in [1.807, 2.05) is 69.3 Å². The van der Waals surface area contributed by atoms with E-state index in [4.69, 9.17) is 10.5 Å². The van der Waals surface area contributed by atoms with Gasteiger partial charge in [-0.1, -0.05) is 49.7 Å². The first-order valence-electron chi connectivity index (χ1n) is 8.99. The summed E-state index contributed by atoms with van der Waals surface area (Å²) in [5.41, 5.74) is 7.75. The SMILES string of the molecule is Cc1ccc(Oc2ccccc2CNC(=O)CNC(=O)[C@@H](N)C(C)C)cc1.Cl. The summed E-state index contributed by atoms with van der Waals surface area (Å²) >= 11 is 0. The lowest BCUT2D eigenvalue weighted by Crippen LogP contribution is -2.47. The molecule has 4 N–H and O–H groups in total. The van der Waals surface area contributed by atoms with Crippen LogP contribution in [-0.4, -0.2) is 24.4 Å². The minimum atomic E-state index is -0.624. The molecule has 0 fully saturated rings. The fourth-order valence-corrected chi connectivity index (χ4v) is 2.33. The largest absolute Gasteiger partial charge is 0.457 e. The van der Waals surface area contributed by atoms with Gasteiger partial charge in [-0.2, -0.15) is 0 Å². The first-order chi connectivity index (χ1) is 12.9. The smallest absolute Gasteiger partial charge is 0.239 e.